The molecule has 0 heterocycles. The molecule has 0 unspecified atom stereocenters. The Labute approximate surface area is 66.2 Å². The Morgan fingerprint density at radius 1 is 1.36 bits per heavy atom. The molecule has 1 aromatic rings. The van der Waals surface area contributed by atoms with Crippen LogP contribution in [0, 0.1) is 13.8 Å². The van der Waals surface area contributed by atoms with Gasteiger partial charge in [-0.2, -0.15) is 0 Å². The normalized spacial score (nSPS) is 10.7. The lowest BCUT2D eigenvalue weighted by Gasteiger charge is -1.99. The van der Waals surface area contributed by atoms with Crippen LogP contribution >= 0.6 is 0 Å². The highest BCUT2D eigenvalue weighted by molar-refractivity contribution is 5.81. The zero-order valence-electron chi connectivity index (χ0n) is 6.70. The van der Waals surface area contributed by atoms with Crippen LogP contribution in [0.2, 0.25) is 0 Å². The van der Waals surface area contributed by atoms with Gasteiger partial charge in [-0.3, -0.25) is 0 Å². The zero-order chi connectivity index (χ0) is 8.27. The zero-order valence-corrected chi connectivity index (χ0v) is 6.70. The predicted molar refractivity (Wildman–Crippen MR) is 45.3 cm³/mol. The van der Waals surface area contributed by atoms with Gasteiger partial charge >= 0.3 is 0 Å². The van der Waals surface area contributed by atoms with E-state index in [-0.39, 0.29) is 0 Å². The Kier molecular flexibility index (Phi) is 2.26. The molecule has 0 atom stereocenters. The maximum atomic E-state index is 8.30. The molecule has 2 heteroatoms. The standard InChI is InChI=1S/C9H11NO/c1-7-3-4-8(2)9(5-7)6-10-11/h3-6,11H,1-2H3/b10-6-. The Morgan fingerprint density at radius 3 is 2.73 bits per heavy atom. The number of oxime groups is 1. The summed E-state index contributed by atoms with van der Waals surface area (Å²) < 4.78 is 0. The van der Waals surface area contributed by atoms with Gasteiger partial charge in [0.05, 0.1) is 6.21 Å². The molecule has 1 rings (SSSR count). The van der Waals surface area contributed by atoms with Crippen molar-refractivity contribution >= 4 is 6.21 Å². The lowest BCUT2D eigenvalue weighted by atomic mass is 10.1. The first-order chi connectivity index (χ1) is 5.24. The molecular formula is C9H11NO. The van der Waals surface area contributed by atoms with E-state index in [4.69, 9.17) is 5.21 Å². The maximum Gasteiger partial charge on any atom is 0.0736 e. The minimum absolute atomic E-state index is 0.965. The average molecular weight is 149 g/mol. The summed E-state index contributed by atoms with van der Waals surface area (Å²) in [6, 6.07) is 6.02. The monoisotopic (exact) mass is 149 g/mol. The molecule has 0 aliphatic carbocycles. The van der Waals surface area contributed by atoms with Crippen LogP contribution in [0.4, 0.5) is 0 Å². The highest BCUT2D eigenvalue weighted by atomic mass is 16.4. The van der Waals surface area contributed by atoms with Crippen molar-refractivity contribution < 1.29 is 5.21 Å². The molecule has 0 amide bonds. The molecule has 0 bridgehead atoms. The molecule has 11 heavy (non-hydrogen) atoms. The lowest BCUT2D eigenvalue weighted by molar-refractivity contribution is 0.322. The number of hydrogen-bond donors (Lipinski definition) is 1. The van der Waals surface area contributed by atoms with Crippen LogP contribution in [-0.2, 0) is 0 Å². The van der Waals surface area contributed by atoms with E-state index in [1.807, 2.05) is 32.0 Å². The SMILES string of the molecule is Cc1ccc(C)c(/C=N\O)c1. The van der Waals surface area contributed by atoms with E-state index in [0.29, 0.717) is 0 Å². The van der Waals surface area contributed by atoms with Gasteiger partial charge in [-0.1, -0.05) is 28.9 Å². The van der Waals surface area contributed by atoms with Gasteiger partial charge in [-0.25, -0.2) is 0 Å². The first-order valence-corrected chi connectivity index (χ1v) is 3.48. The molecule has 0 saturated heterocycles. The summed E-state index contributed by atoms with van der Waals surface area (Å²) in [5.74, 6) is 0. The number of hydrogen-bond acceptors (Lipinski definition) is 2. The fourth-order valence-electron chi connectivity index (χ4n) is 0.961. The molecule has 0 radical (unpaired) electrons. The van der Waals surface area contributed by atoms with E-state index in [0.717, 1.165) is 11.1 Å². The van der Waals surface area contributed by atoms with Crippen molar-refractivity contribution in [3.63, 3.8) is 0 Å². The summed E-state index contributed by atoms with van der Waals surface area (Å²) in [6.07, 6.45) is 1.45. The van der Waals surface area contributed by atoms with Crippen molar-refractivity contribution in [1.82, 2.24) is 0 Å². The van der Waals surface area contributed by atoms with Gasteiger partial charge in [0, 0.05) is 0 Å². The molecule has 0 aromatic heterocycles. The second-order valence-electron chi connectivity index (χ2n) is 2.60. The van der Waals surface area contributed by atoms with Gasteiger partial charge in [0.15, 0.2) is 0 Å². The van der Waals surface area contributed by atoms with Crippen molar-refractivity contribution in [2.75, 3.05) is 0 Å². The minimum Gasteiger partial charge on any atom is -0.411 e. The summed E-state index contributed by atoms with van der Waals surface area (Å²) >= 11 is 0. The molecule has 0 aliphatic rings. The third kappa shape index (κ3) is 1.80. The molecule has 0 spiro atoms. The number of aryl methyl sites for hydroxylation is 2. The lowest BCUT2D eigenvalue weighted by Crippen LogP contribution is -1.87. The topological polar surface area (TPSA) is 32.6 Å². The predicted octanol–water partition coefficient (Wildman–Crippen LogP) is 2.11. The van der Waals surface area contributed by atoms with Crippen LogP contribution in [0.15, 0.2) is 23.4 Å². The molecule has 2 nitrogen and oxygen atoms in total. The number of nitrogens with zero attached hydrogens (tertiary/aromatic N) is 1. The Morgan fingerprint density at radius 2 is 2.09 bits per heavy atom. The molecule has 1 aromatic carbocycles. The summed E-state index contributed by atoms with van der Waals surface area (Å²) in [6.45, 7) is 3.99. The minimum atomic E-state index is 0.965. The van der Waals surface area contributed by atoms with Gasteiger partial charge in [-0.15, -0.1) is 0 Å². The van der Waals surface area contributed by atoms with Crippen LogP contribution < -0.4 is 0 Å². The Bertz CT molecular complexity index is 279. The fraction of sp³-hybridized carbons (Fsp3) is 0.222. The molecule has 0 saturated carbocycles. The highest BCUT2D eigenvalue weighted by Crippen LogP contribution is 2.07. The quantitative estimate of drug-likeness (QED) is 0.370. The van der Waals surface area contributed by atoms with Crippen molar-refractivity contribution in [2.45, 2.75) is 13.8 Å². The summed E-state index contributed by atoms with van der Waals surface area (Å²) in [4.78, 5) is 0. The van der Waals surface area contributed by atoms with Crippen molar-refractivity contribution in [1.29, 1.82) is 0 Å². The second-order valence-corrected chi connectivity index (χ2v) is 2.60. The van der Waals surface area contributed by atoms with Crippen molar-refractivity contribution in [2.24, 2.45) is 5.16 Å². The van der Waals surface area contributed by atoms with Gasteiger partial charge in [-0.05, 0) is 25.0 Å². The van der Waals surface area contributed by atoms with Gasteiger partial charge in [0.25, 0.3) is 0 Å². The van der Waals surface area contributed by atoms with Crippen molar-refractivity contribution in [3.05, 3.63) is 34.9 Å². The van der Waals surface area contributed by atoms with E-state index < -0.39 is 0 Å². The van der Waals surface area contributed by atoms with E-state index in [9.17, 15) is 0 Å². The number of rotatable bonds is 1. The maximum absolute atomic E-state index is 8.30. The van der Waals surface area contributed by atoms with Crippen LogP contribution in [0.5, 0.6) is 0 Å². The van der Waals surface area contributed by atoms with Gasteiger partial charge in [0.1, 0.15) is 0 Å². The summed E-state index contributed by atoms with van der Waals surface area (Å²) in [5, 5.41) is 11.3. The smallest absolute Gasteiger partial charge is 0.0736 e. The Balaban J connectivity index is 3.12. The second kappa shape index (κ2) is 3.19. The highest BCUT2D eigenvalue weighted by Gasteiger charge is 1.93. The average Bonchev–Trinajstić information content (AvgIpc) is 1.98. The van der Waals surface area contributed by atoms with Crippen LogP contribution in [-0.4, -0.2) is 11.4 Å². The Hall–Kier alpha value is -1.31. The molecule has 0 fully saturated rings. The van der Waals surface area contributed by atoms with Crippen molar-refractivity contribution in [3.8, 4) is 0 Å². The van der Waals surface area contributed by atoms with E-state index in [2.05, 4.69) is 5.16 Å². The summed E-state index contributed by atoms with van der Waals surface area (Å²) in [7, 11) is 0. The fourth-order valence-corrected chi connectivity index (χ4v) is 0.961. The molecule has 1 N–H and O–H groups in total. The first-order valence-electron chi connectivity index (χ1n) is 3.48. The van der Waals surface area contributed by atoms with Crippen LogP contribution in [0.3, 0.4) is 0 Å². The molecule has 58 valence electrons. The number of benzene rings is 1. The molecule has 0 aliphatic heterocycles. The third-order valence-electron chi connectivity index (χ3n) is 1.63. The molecular weight excluding hydrogens is 138 g/mol. The van der Waals surface area contributed by atoms with Gasteiger partial charge in [0.2, 0.25) is 0 Å². The third-order valence-corrected chi connectivity index (χ3v) is 1.63. The van der Waals surface area contributed by atoms with E-state index >= 15 is 0 Å². The van der Waals surface area contributed by atoms with Crippen LogP contribution in [0.25, 0.3) is 0 Å². The van der Waals surface area contributed by atoms with E-state index in [1.165, 1.54) is 11.8 Å². The van der Waals surface area contributed by atoms with E-state index in [1.54, 1.807) is 0 Å². The van der Waals surface area contributed by atoms with Gasteiger partial charge < -0.3 is 5.21 Å². The largest absolute Gasteiger partial charge is 0.411 e. The van der Waals surface area contributed by atoms with Crippen LogP contribution in [0.1, 0.15) is 16.7 Å². The summed E-state index contributed by atoms with van der Waals surface area (Å²) in [5.41, 5.74) is 3.26. The first kappa shape index (κ1) is 7.79.